The molecule has 0 aliphatic carbocycles. The molecule has 2 amide bonds. The Kier molecular flexibility index (Phi) is 5.27. The minimum absolute atomic E-state index is 0.192. The summed E-state index contributed by atoms with van der Waals surface area (Å²) >= 11 is 0. The van der Waals surface area contributed by atoms with E-state index in [2.05, 4.69) is 5.32 Å². The van der Waals surface area contributed by atoms with Crippen LogP contribution in [0.3, 0.4) is 0 Å². The number of carbonyl (C=O) groups is 3. The third-order valence-corrected chi connectivity index (χ3v) is 3.28. The minimum Gasteiger partial charge on any atom is -0.363 e. The van der Waals surface area contributed by atoms with E-state index in [1.54, 1.807) is 0 Å². The molecule has 2 atom stereocenters. The van der Waals surface area contributed by atoms with Crippen molar-refractivity contribution in [2.24, 2.45) is 5.73 Å². The molecule has 0 radical (unpaired) electrons. The topological polar surface area (TPSA) is 92.5 Å². The van der Waals surface area contributed by atoms with Crippen molar-refractivity contribution in [1.29, 1.82) is 0 Å². The quantitative estimate of drug-likeness (QED) is 0.621. The Labute approximate surface area is 107 Å². The second kappa shape index (κ2) is 6.49. The predicted octanol–water partition coefficient (Wildman–Crippen LogP) is -0.580. The maximum Gasteiger partial charge on any atom is 0.287 e. The maximum absolute atomic E-state index is 12.0. The molecule has 6 nitrogen and oxygen atoms in total. The number of rotatable bonds is 6. The van der Waals surface area contributed by atoms with E-state index in [9.17, 15) is 14.4 Å². The third-order valence-electron chi connectivity index (χ3n) is 3.28. The first-order valence-corrected chi connectivity index (χ1v) is 6.31. The summed E-state index contributed by atoms with van der Waals surface area (Å²) in [4.78, 5) is 36.4. The number of hydrogen-bond acceptors (Lipinski definition) is 4. The standard InChI is InChI=1S/C12H21N3O3/c1-3-5-8(10(16)11(13)17)14-12(18)9-6-4-7-15(9)2/h8-9H,3-7H2,1-2H3,(H2,13,17)(H,14,18)/t8?,9-/m0/s1. The summed E-state index contributed by atoms with van der Waals surface area (Å²) in [6.07, 6.45) is 2.89. The van der Waals surface area contributed by atoms with Gasteiger partial charge in [-0.05, 0) is 32.9 Å². The first-order chi connectivity index (χ1) is 8.47. The molecule has 0 aromatic heterocycles. The molecule has 18 heavy (non-hydrogen) atoms. The van der Waals surface area contributed by atoms with Gasteiger partial charge in [-0.25, -0.2) is 0 Å². The largest absolute Gasteiger partial charge is 0.363 e. The summed E-state index contributed by atoms with van der Waals surface area (Å²) in [5.41, 5.74) is 4.97. The fourth-order valence-electron chi connectivity index (χ4n) is 2.24. The molecule has 0 aromatic rings. The highest BCUT2D eigenvalue weighted by Gasteiger charge is 2.31. The van der Waals surface area contributed by atoms with Crippen molar-refractivity contribution >= 4 is 17.6 Å². The van der Waals surface area contributed by atoms with Crippen LogP contribution in [0.2, 0.25) is 0 Å². The average molecular weight is 255 g/mol. The van der Waals surface area contributed by atoms with E-state index in [-0.39, 0.29) is 11.9 Å². The number of carbonyl (C=O) groups excluding carboxylic acids is 3. The number of nitrogens with zero attached hydrogens (tertiary/aromatic N) is 1. The van der Waals surface area contributed by atoms with Gasteiger partial charge in [0.05, 0.1) is 12.1 Å². The normalized spacial score (nSPS) is 21.6. The lowest BCUT2D eigenvalue weighted by Gasteiger charge is -2.22. The smallest absolute Gasteiger partial charge is 0.287 e. The van der Waals surface area contributed by atoms with Gasteiger partial charge in [0.25, 0.3) is 5.91 Å². The third kappa shape index (κ3) is 3.53. The number of hydrogen-bond donors (Lipinski definition) is 2. The molecule has 3 N–H and O–H groups in total. The van der Waals surface area contributed by atoms with E-state index < -0.39 is 17.7 Å². The Balaban J connectivity index is 2.62. The Hall–Kier alpha value is -1.43. The van der Waals surface area contributed by atoms with Gasteiger partial charge in [-0.15, -0.1) is 0 Å². The van der Waals surface area contributed by atoms with E-state index >= 15 is 0 Å². The molecule has 1 aliphatic heterocycles. The SMILES string of the molecule is CCCC(NC(=O)[C@@H]1CCCN1C)C(=O)C(N)=O. The molecule has 1 saturated heterocycles. The second-order valence-corrected chi connectivity index (χ2v) is 4.72. The van der Waals surface area contributed by atoms with Gasteiger partial charge in [0, 0.05) is 0 Å². The Morgan fingerprint density at radius 2 is 2.11 bits per heavy atom. The van der Waals surface area contributed by atoms with E-state index in [4.69, 9.17) is 5.73 Å². The lowest BCUT2D eigenvalue weighted by Crippen LogP contribution is -2.51. The van der Waals surface area contributed by atoms with Crippen molar-refractivity contribution in [1.82, 2.24) is 10.2 Å². The van der Waals surface area contributed by atoms with E-state index in [0.717, 1.165) is 19.4 Å². The van der Waals surface area contributed by atoms with Crippen LogP contribution in [0.25, 0.3) is 0 Å². The molecule has 6 heteroatoms. The summed E-state index contributed by atoms with van der Waals surface area (Å²) in [6.45, 7) is 2.76. The number of amides is 2. The Morgan fingerprint density at radius 3 is 2.56 bits per heavy atom. The van der Waals surface area contributed by atoms with Crippen LogP contribution >= 0.6 is 0 Å². The van der Waals surface area contributed by atoms with E-state index in [1.807, 2.05) is 18.9 Å². The highest BCUT2D eigenvalue weighted by molar-refractivity contribution is 6.37. The van der Waals surface area contributed by atoms with Gasteiger partial charge in [0.15, 0.2) is 0 Å². The molecule has 1 unspecified atom stereocenters. The highest BCUT2D eigenvalue weighted by Crippen LogP contribution is 2.15. The van der Waals surface area contributed by atoms with Crippen molar-refractivity contribution in [3.05, 3.63) is 0 Å². The first kappa shape index (κ1) is 14.6. The van der Waals surface area contributed by atoms with Gasteiger partial charge in [0.2, 0.25) is 11.7 Å². The van der Waals surface area contributed by atoms with Crippen LogP contribution in [-0.4, -0.2) is 48.2 Å². The van der Waals surface area contributed by atoms with Crippen molar-refractivity contribution < 1.29 is 14.4 Å². The number of primary amides is 1. The van der Waals surface area contributed by atoms with Gasteiger partial charge in [-0.1, -0.05) is 13.3 Å². The second-order valence-electron chi connectivity index (χ2n) is 4.72. The number of Topliss-reactive ketones (excluding diaryl/α,β-unsaturated/α-hetero) is 1. The molecule has 1 heterocycles. The van der Waals surface area contributed by atoms with Crippen LogP contribution in [0.5, 0.6) is 0 Å². The predicted molar refractivity (Wildman–Crippen MR) is 66.7 cm³/mol. The first-order valence-electron chi connectivity index (χ1n) is 6.31. The van der Waals surface area contributed by atoms with Gasteiger partial charge >= 0.3 is 0 Å². The molecule has 1 rings (SSSR count). The minimum atomic E-state index is -0.992. The number of likely N-dealkylation sites (tertiary alicyclic amines) is 1. The van der Waals surface area contributed by atoms with Crippen LogP contribution in [0.1, 0.15) is 32.6 Å². The molecule has 0 saturated carbocycles. The van der Waals surface area contributed by atoms with Gasteiger partial charge in [-0.3, -0.25) is 19.3 Å². The summed E-state index contributed by atoms with van der Waals surface area (Å²) in [5, 5.41) is 2.64. The Bertz CT molecular complexity index is 343. The zero-order valence-corrected chi connectivity index (χ0v) is 10.9. The van der Waals surface area contributed by atoms with Crippen LogP contribution in [0, 0.1) is 0 Å². The van der Waals surface area contributed by atoms with E-state index in [0.29, 0.717) is 12.8 Å². The maximum atomic E-state index is 12.0. The number of ketones is 1. The highest BCUT2D eigenvalue weighted by atomic mass is 16.2. The Morgan fingerprint density at radius 1 is 1.44 bits per heavy atom. The molecule has 102 valence electrons. The number of likely N-dealkylation sites (N-methyl/N-ethyl adjacent to an activating group) is 1. The lowest BCUT2D eigenvalue weighted by molar-refractivity contribution is -0.139. The van der Waals surface area contributed by atoms with Gasteiger partial charge in [-0.2, -0.15) is 0 Å². The zero-order valence-electron chi connectivity index (χ0n) is 10.9. The lowest BCUT2D eigenvalue weighted by atomic mass is 10.1. The fourth-order valence-corrected chi connectivity index (χ4v) is 2.24. The average Bonchev–Trinajstić information content (AvgIpc) is 2.73. The molecular weight excluding hydrogens is 234 g/mol. The molecular formula is C12H21N3O3. The monoisotopic (exact) mass is 255 g/mol. The molecule has 0 aromatic carbocycles. The van der Waals surface area contributed by atoms with Gasteiger partial charge < -0.3 is 11.1 Å². The zero-order chi connectivity index (χ0) is 13.7. The van der Waals surface area contributed by atoms with Crippen LogP contribution in [-0.2, 0) is 14.4 Å². The number of nitrogens with two attached hydrogens (primary N) is 1. The number of nitrogens with one attached hydrogen (secondary N) is 1. The molecule has 1 aliphatic rings. The van der Waals surface area contributed by atoms with Crippen LogP contribution in [0.15, 0.2) is 0 Å². The summed E-state index contributed by atoms with van der Waals surface area (Å²) in [7, 11) is 1.88. The summed E-state index contributed by atoms with van der Waals surface area (Å²) in [5.74, 6) is -1.90. The van der Waals surface area contributed by atoms with Crippen molar-refractivity contribution in [2.45, 2.75) is 44.7 Å². The fraction of sp³-hybridized carbons (Fsp3) is 0.750. The molecule has 0 bridgehead atoms. The molecule has 0 spiro atoms. The van der Waals surface area contributed by atoms with Gasteiger partial charge in [0.1, 0.15) is 0 Å². The van der Waals surface area contributed by atoms with Crippen molar-refractivity contribution in [3.8, 4) is 0 Å². The molecule has 1 fully saturated rings. The van der Waals surface area contributed by atoms with Crippen LogP contribution in [0.4, 0.5) is 0 Å². The summed E-state index contributed by atoms with van der Waals surface area (Å²) < 4.78 is 0. The van der Waals surface area contributed by atoms with Crippen molar-refractivity contribution in [3.63, 3.8) is 0 Å². The van der Waals surface area contributed by atoms with E-state index in [1.165, 1.54) is 0 Å². The summed E-state index contributed by atoms with van der Waals surface area (Å²) in [6, 6.07) is -0.987. The van der Waals surface area contributed by atoms with Crippen molar-refractivity contribution in [2.75, 3.05) is 13.6 Å². The van der Waals surface area contributed by atoms with Crippen LogP contribution < -0.4 is 11.1 Å².